The van der Waals surface area contributed by atoms with E-state index in [1.807, 2.05) is 0 Å². The van der Waals surface area contributed by atoms with Crippen LogP contribution in [0.1, 0.15) is 27.5 Å². The minimum absolute atomic E-state index is 0.0681. The number of nitrogens with one attached hydrogen (secondary N) is 1. The lowest BCUT2D eigenvalue weighted by Gasteiger charge is -2.11. The lowest BCUT2D eigenvalue weighted by Crippen LogP contribution is -2.13. The van der Waals surface area contributed by atoms with Crippen molar-refractivity contribution in [2.45, 2.75) is 26.8 Å². The quantitative estimate of drug-likeness (QED) is 0.713. The number of hydrogen-bond donors (Lipinski definition) is 1. The molecule has 142 valence electrons. The highest BCUT2D eigenvalue weighted by molar-refractivity contribution is 6.02. The molecular weight excluding hydrogens is 363 g/mol. The Morgan fingerprint density at radius 2 is 2.04 bits per heavy atom. The molecule has 9 heteroatoms. The number of alkyl halides is 3. The van der Waals surface area contributed by atoms with Crippen molar-refractivity contribution in [3.63, 3.8) is 0 Å². The van der Waals surface area contributed by atoms with Gasteiger partial charge in [-0.25, -0.2) is 4.68 Å². The van der Waals surface area contributed by atoms with Gasteiger partial charge in [-0.3, -0.25) is 4.79 Å². The number of carbonyl (C=O) groups excluding carboxylic acids is 1. The van der Waals surface area contributed by atoms with E-state index in [4.69, 9.17) is 9.15 Å². The molecule has 1 amide bonds. The number of ether oxygens (including phenoxy) is 1. The number of furan rings is 1. The van der Waals surface area contributed by atoms with Crippen LogP contribution in [0.15, 0.2) is 47.1 Å². The van der Waals surface area contributed by atoms with Gasteiger partial charge in [-0.15, -0.1) is 0 Å². The number of aromatic nitrogens is 2. The van der Waals surface area contributed by atoms with Crippen LogP contribution in [-0.2, 0) is 12.9 Å². The Morgan fingerprint density at radius 1 is 1.26 bits per heavy atom. The number of hydrogen-bond acceptors (Lipinski definition) is 4. The van der Waals surface area contributed by atoms with Crippen LogP contribution in [0.2, 0.25) is 0 Å². The van der Waals surface area contributed by atoms with Gasteiger partial charge in [0.2, 0.25) is 0 Å². The second kappa shape index (κ2) is 7.18. The maximum atomic E-state index is 12.8. The second-order valence-corrected chi connectivity index (χ2v) is 5.78. The molecule has 1 N–H and O–H groups in total. The highest BCUT2D eigenvalue weighted by Gasteiger charge is 2.30. The zero-order valence-electron chi connectivity index (χ0n) is 14.5. The normalized spacial score (nSPS) is 11.4. The predicted octanol–water partition coefficient (Wildman–Crippen LogP) is 4.40. The van der Waals surface area contributed by atoms with Crippen LogP contribution in [0.3, 0.4) is 0 Å². The van der Waals surface area contributed by atoms with Crippen LogP contribution >= 0.6 is 0 Å². The topological polar surface area (TPSA) is 69.3 Å². The van der Waals surface area contributed by atoms with E-state index in [1.54, 1.807) is 19.9 Å². The van der Waals surface area contributed by atoms with Crippen molar-refractivity contribution in [1.82, 2.24) is 9.78 Å². The summed E-state index contributed by atoms with van der Waals surface area (Å²) >= 11 is 0. The highest BCUT2D eigenvalue weighted by Crippen LogP contribution is 2.31. The SMILES string of the molecule is Cc1nn(COc2cccc(C(F)(F)F)c2)c(C)c1NC(=O)c1ccco1. The van der Waals surface area contributed by atoms with Gasteiger partial charge < -0.3 is 14.5 Å². The van der Waals surface area contributed by atoms with Crippen molar-refractivity contribution < 1.29 is 27.1 Å². The summed E-state index contributed by atoms with van der Waals surface area (Å²) in [6.07, 6.45) is -3.05. The van der Waals surface area contributed by atoms with Crippen LogP contribution < -0.4 is 10.1 Å². The van der Waals surface area contributed by atoms with Crippen LogP contribution in [-0.4, -0.2) is 15.7 Å². The van der Waals surface area contributed by atoms with Gasteiger partial charge in [-0.2, -0.15) is 18.3 Å². The fourth-order valence-electron chi connectivity index (χ4n) is 2.48. The molecular formula is C18H16F3N3O3. The molecule has 0 saturated heterocycles. The average Bonchev–Trinajstić information content (AvgIpc) is 3.24. The van der Waals surface area contributed by atoms with Gasteiger partial charge in [-0.05, 0) is 44.2 Å². The standard InChI is InChI=1S/C18H16F3N3O3/c1-11-16(22-17(25)15-7-4-8-26-15)12(2)24(23-11)10-27-14-6-3-5-13(9-14)18(19,20)21/h3-9H,10H2,1-2H3,(H,22,25). The summed E-state index contributed by atoms with van der Waals surface area (Å²) in [6, 6.07) is 7.72. The third-order valence-corrected chi connectivity index (χ3v) is 3.88. The Balaban J connectivity index is 1.72. The van der Waals surface area contributed by atoms with Crippen molar-refractivity contribution in [2.24, 2.45) is 0 Å². The lowest BCUT2D eigenvalue weighted by atomic mass is 10.2. The Hall–Kier alpha value is -3.23. The number of nitrogens with zero attached hydrogens (tertiary/aromatic N) is 2. The minimum Gasteiger partial charge on any atom is -0.471 e. The number of carbonyl (C=O) groups is 1. The lowest BCUT2D eigenvalue weighted by molar-refractivity contribution is -0.137. The largest absolute Gasteiger partial charge is 0.471 e. The number of anilines is 1. The van der Waals surface area contributed by atoms with E-state index in [-0.39, 0.29) is 18.2 Å². The summed E-state index contributed by atoms with van der Waals surface area (Å²) in [4.78, 5) is 12.1. The summed E-state index contributed by atoms with van der Waals surface area (Å²) in [5.41, 5.74) is 0.836. The van der Waals surface area contributed by atoms with Gasteiger partial charge >= 0.3 is 6.18 Å². The summed E-state index contributed by atoms with van der Waals surface area (Å²) in [5, 5.41) is 6.96. The molecule has 6 nitrogen and oxygen atoms in total. The summed E-state index contributed by atoms with van der Waals surface area (Å²) in [5.74, 6) is -0.204. The molecule has 2 heterocycles. The zero-order chi connectivity index (χ0) is 19.6. The molecule has 3 aromatic rings. The molecule has 2 aromatic heterocycles. The average molecular weight is 379 g/mol. The third kappa shape index (κ3) is 4.13. The molecule has 0 radical (unpaired) electrons. The molecule has 0 saturated carbocycles. The molecule has 0 atom stereocenters. The van der Waals surface area contributed by atoms with E-state index in [0.29, 0.717) is 17.1 Å². The van der Waals surface area contributed by atoms with E-state index in [1.165, 1.54) is 29.1 Å². The number of amides is 1. The van der Waals surface area contributed by atoms with Crippen molar-refractivity contribution in [2.75, 3.05) is 5.32 Å². The summed E-state index contributed by atoms with van der Waals surface area (Å²) < 4.78 is 50.2. The molecule has 0 unspecified atom stereocenters. The van der Waals surface area contributed by atoms with Crippen LogP contribution in [0.25, 0.3) is 0 Å². The fraction of sp³-hybridized carbons (Fsp3) is 0.222. The first-order chi connectivity index (χ1) is 12.8. The van der Waals surface area contributed by atoms with Crippen LogP contribution in [0.4, 0.5) is 18.9 Å². The van der Waals surface area contributed by atoms with Gasteiger partial charge in [0.25, 0.3) is 5.91 Å². The maximum absolute atomic E-state index is 12.8. The first kappa shape index (κ1) is 18.6. The molecule has 0 bridgehead atoms. The van der Waals surface area contributed by atoms with E-state index < -0.39 is 17.6 Å². The molecule has 0 fully saturated rings. The number of rotatable bonds is 5. The summed E-state index contributed by atoms with van der Waals surface area (Å²) in [6.45, 7) is 3.31. The Labute approximate surface area is 152 Å². The second-order valence-electron chi connectivity index (χ2n) is 5.78. The zero-order valence-corrected chi connectivity index (χ0v) is 14.5. The molecule has 27 heavy (non-hydrogen) atoms. The van der Waals surface area contributed by atoms with Crippen LogP contribution in [0.5, 0.6) is 5.75 Å². The monoisotopic (exact) mass is 379 g/mol. The van der Waals surface area contributed by atoms with Gasteiger partial charge in [-0.1, -0.05) is 6.07 Å². The van der Waals surface area contributed by atoms with Gasteiger partial charge in [0.1, 0.15) is 5.75 Å². The summed E-state index contributed by atoms with van der Waals surface area (Å²) in [7, 11) is 0. The van der Waals surface area contributed by atoms with Gasteiger partial charge in [0.05, 0.1) is 28.9 Å². The van der Waals surface area contributed by atoms with E-state index in [0.717, 1.165) is 12.1 Å². The number of halogens is 3. The minimum atomic E-state index is -4.44. The Bertz CT molecular complexity index is 947. The van der Waals surface area contributed by atoms with Crippen molar-refractivity contribution >= 4 is 11.6 Å². The smallest absolute Gasteiger partial charge is 0.416 e. The van der Waals surface area contributed by atoms with E-state index >= 15 is 0 Å². The van der Waals surface area contributed by atoms with Gasteiger partial charge in [0, 0.05) is 0 Å². The third-order valence-electron chi connectivity index (χ3n) is 3.88. The van der Waals surface area contributed by atoms with Gasteiger partial charge in [0.15, 0.2) is 12.5 Å². The van der Waals surface area contributed by atoms with Crippen molar-refractivity contribution in [1.29, 1.82) is 0 Å². The first-order valence-corrected chi connectivity index (χ1v) is 7.94. The number of aryl methyl sites for hydroxylation is 1. The van der Waals surface area contributed by atoms with Crippen molar-refractivity contribution in [3.8, 4) is 5.75 Å². The molecule has 3 rings (SSSR count). The van der Waals surface area contributed by atoms with E-state index in [2.05, 4.69) is 10.4 Å². The Morgan fingerprint density at radius 3 is 2.70 bits per heavy atom. The van der Waals surface area contributed by atoms with Crippen LogP contribution in [0, 0.1) is 13.8 Å². The van der Waals surface area contributed by atoms with E-state index in [9.17, 15) is 18.0 Å². The first-order valence-electron chi connectivity index (χ1n) is 7.94. The molecule has 1 aromatic carbocycles. The van der Waals surface area contributed by atoms with Crippen molar-refractivity contribution in [3.05, 3.63) is 65.4 Å². The highest BCUT2D eigenvalue weighted by atomic mass is 19.4. The molecule has 0 aliphatic heterocycles. The molecule has 0 spiro atoms. The number of benzene rings is 1. The molecule has 0 aliphatic rings. The Kier molecular flexibility index (Phi) is 4.93. The maximum Gasteiger partial charge on any atom is 0.416 e. The fourth-order valence-corrected chi connectivity index (χ4v) is 2.48. The molecule has 0 aliphatic carbocycles. The predicted molar refractivity (Wildman–Crippen MR) is 90.4 cm³/mol.